The van der Waals surface area contributed by atoms with Crippen molar-refractivity contribution in [3.8, 4) is 0 Å². The van der Waals surface area contributed by atoms with E-state index in [0.717, 1.165) is 18.8 Å². The molecule has 86 valence electrons. The van der Waals surface area contributed by atoms with Gasteiger partial charge in [-0.3, -0.25) is 0 Å². The normalized spacial score (nSPS) is 19.7. The first-order valence-electron chi connectivity index (χ1n) is 5.11. The fraction of sp³-hybridized carbons (Fsp3) is 0.500. The summed E-state index contributed by atoms with van der Waals surface area (Å²) < 4.78 is 5.35. The Morgan fingerprint density at radius 2 is 2.31 bits per heavy atom. The van der Waals surface area contributed by atoms with E-state index >= 15 is 0 Å². The first-order chi connectivity index (χ1) is 7.70. The standard InChI is InChI=1S/C10H14N4OS/c1-14(7-2-5-15-6-7)10-8(9(11)16)12-3-4-13-10/h3-4,7H,2,5-6H2,1H3,(H2,11,16). The number of aromatic nitrogens is 2. The molecule has 5 nitrogen and oxygen atoms in total. The smallest absolute Gasteiger partial charge is 0.157 e. The van der Waals surface area contributed by atoms with Crippen molar-refractivity contribution < 1.29 is 4.74 Å². The second kappa shape index (κ2) is 4.71. The molecular formula is C10H14N4OS. The Morgan fingerprint density at radius 1 is 1.56 bits per heavy atom. The fourth-order valence-electron chi connectivity index (χ4n) is 1.76. The number of hydrogen-bond donors (Lipinski definition) is 1. The monoisotopic (exact) mass is 238 g/mol. The second-order valence-electron chi connectivity index (χ2n) is 3.72. The zero-order chi connectivity index (χ0) is 11.5. The molecule has 1 atom stereocenters. The van der Waals surface area contributed by atoms with Crippen molar-refractivity contribution in [1.29, 1.82) is 0 Å². The number of nitrogens with zero attached hydrogens (tertiary/aromatic N) is 3. The summed E-state index contributed by atoms with van der Waals surface area (Å²) in [5, 5.41) is 0. The van der Waals surface area contributed by atoms with Crippen molar-refractivity contribution >= 4 is 23.0 Å². The molecule has 2 N–H and O–H groups in total. The van der Waals surface area contributed by atoms with E-state index in [-0.39, 0.29) is 4.99 Å². The van der Waals surface area contributed by atoms with Crippen LogP contribution in [-0.4, -0.2) is 41.3 Å². The lowest BCUT2D eigenvalue weighted by Crippen LogP contribution is -2.34. The van der Waals surface area contributed by atoms with Gasteiger partial charge in [0.25, 0.3) is 0 Å². The van der Waals surface area contributed by atoms with Crippen molar-refractivity contribution in [3.63, 3.8) is 0 Å². The van der Waals surface area contributed by atoms with Crippen molar-refractivity contribution in [2.24, 2.45) is 5.73 Å². The van der Waals surface area contributed by atoms with Crippen LogP contribution in [0.4, 0.5) is 5.82 Å². The lowest BCUT2D eigenvalue weighted by Gasteiger charge is -2.25. The summed E-state index contributed by atoms with van der Waals surface area (Å²) in [5.74, 6) is 0.727. The third-order valence-electron chi connectivity index (χ3n) is 2.70. The minimum absolute atomic E-state index is 0.272. The third-order valence-corrected chi connectivity index (χ3v) is 2.89. The van der Waals surface area contributed by atoms with E-state index in [1.807, 2.05) is 11.9 Å². The first-order valence-corrected chi connectivity index (χ1v) is 5.52. The molecule has 1 aromatic heterocycles. The summed E-state index contributed by atoms with van der Waals surface area (Å²) in [5.41, 5.74) is 6.20. The molecule has 16 heavy (non-hydrogen) atoms. The quantitative estimate of drug-likeness (QED) is 0.766. The van der Waals surface area contributed by atoms with Crippen LogP contribution in [0.2, 0.25) is 0 Å². The molecule has 0 amide bonds. The zero-order valence-electron chi connectivity index (χ0n) is 9.09. The topological polar surface area (TPSA) is 64.3 Å². The van der Waals surface area contributed by atoms with Gasteiger partial charge in [-0.2, -0.15) is 0 Å². The highest BCUT2D eigenvalue weighted by Crippen LogP contribution is 2.20. The van der Waals surface area contributed by atoms with Crippen LogP contribution in [0.5, 0.6) is 0 Å². The first kappa shape index (κ1) is 11.2. The van der Waals surface area contributed by atoms with Crippen LogP contribution in [0.15, 0.2) is 12.4 Å². The summed E-state index contributed by atoms with van der Waals surface area (Å²) in [6, 6.07) is 0.324. The van der Waals surface area contributed by atoms with Gasteiger partial charge in [-0.25, -0.2) is 9.97 Å². The number of thiocarbonyl (C=S) groups is 1. The molecule has 1 aliphatic rings. The second-order valence-corrected chi connectivity index (χ2v) is 4.16. The highest BCUT2D eigenvalue weighted by molar-refractivity contribution is 7.80. The molecule has 0 saturated carbocycles. The molecule has 0 aliphatic carbocycles. The van der Waals surface area contributed by atoms with Crippen molar-refractivity contribution in [2.45, 2.75) is 12.5 Å². The Labute approximate surface area is 99.6 Å². The molecule has 1 saturated heterocycles. The van der Waals surface area contributed by atoms with Crippen LogP contribution in [0, 0.1) is 0 Å². The van der Waals surface area contributed by atoms with Crippen LogP contribution in [0.1, 0.15) is 12.1 Å². The highest BCUT2D eigenvalue weighted by Gasteiger charge is 2.24. The van der Waals surface area contributed by atoms with E-state index in [0.29, 0.717) is 18.3 Å². The Hall–Kier alpha value is -1.27. The number of hydrogen-bond acceptors (Lipinski definition) is 5. The van der Waals surface area contributed by atoms with E-state index in [1.54, 1.807) is 12.4 Å². The lowest BCUT2D eigenvalue weighted by molar-refractivity contribution is 0.193. The maximum Gasteiger partial charge on any atom is 0.157 e. The number of rotatable bonds is 3. The van der Waals surface area contributed by atoms with Gasteiger partial charge in [0.2, 0.25) is 0 Å². The minimum atomic E-state index is 0.272. The Bertz CT molecular complexity index is 392. The number of anilines is 1. The highest BCUT2D eigenvalue weighted by atomic mass is 32.1. The maximum atomic E-state index is 5.62. The van der Waals surface area contributed by atoms with Gasteiger partial charge in [0, 0.05) is 26.0 Å². The van der Waals surface area contributed by atoms with E-state index in [2.05, 4.69) is 9.97 Å². The van der Waals surface area contributed by atoms with E-state index < -0.39 is 0 Å². The van der Waals surface area contributed by atoms with Gasteiger partial charge >= 0.3 is 0 Å². The average molecular weight is 238 g/mol. The van der Waals surface area contributed by atoms with Crippen LogP contribution in [0.25, 0.3) is 0 Å². The van der Waals surface area contributed by atoms with Crippen molar-refractivity contribution in [3.05, 3.63) is 18.1 Å². The summed E-state index contributed by atoms with van der Waals surface area (Å²) in [4.78, 5) is 10.8. The molecule has 1 aliphatic heterocycles. The Kier molecular flexibility index (Phi) is 3.31. The van der Waals surface area contributed by atoms with Gasteiger partial charge in [-0.1, -0.05) is 12.2 Å². The summed E-state index contributed by atoms with van der Waals surface area (Å²) in [6.45, 7) is 1.50. The zero-order valence-corrected chi connectivity index (χ0v) is 9.91. The molecule has 6 heteroatoms. The summed E-state index contributed by atoms with van der Waals surface area (Å²) in [7, 11) is 1.96. The molecule has 0 bridgehead atoms. The summed E-state index contributed by atoms with van der Waals surface area (Å²) >= 11 is 4.96. The van der Waals surface area contributed by atoms with Gasteiger partial charge in [0.1, 0.15) is 10.7 Å². The van der Waals surface area contributed by atoms with Crippen molar-refractivity contribution in [2.75, 3.05) is 25.2 Å². The van der Waals surface area contributed by atoms with Crippen LogP contribution < -0.4 is 10.6 Å². The fourth-order valence-corrected chi connectivity index (χ4v) is 1.91. The number of nitrogens with two attached hydrogens (primary N) is 1. The van der Waals surface area contributed by atoms with Crippen LogP contribution in [-0.2, 0) is 4.74 Å². The van der Waals surface area contributed by atoms with Crippen molar-refractivity contribution in [1.82, 2.24) is 9.97 Å². The van der Waals surface area contributed by atoms with E-state index in [1.165, 1.54) is 0 Å². The minimum Gasteiger partial charge on any atom is -0.388 e. The van der Waals surface area contributed by atoms with Gasteiger partial charge in [-0.05, 0) is 6.42 Å². The molecule has 1 fully saturated rings. The largest absolute Gasteiger partial charge is 0.388 e. The Balaban J connectivity index is 2.27. The van der Waals surface area contributed by atoms with Gasteiger partial charge in [-0.15, -0.1) is 0 Å². The lowest BCUT2D eigenvalue weighted by atomic mass is 10.2. The molecule has 0 radical (unpaired) electrons. The molecular weight excluding hydrogens is 224 g/mol. The van der Waals surface area contributed by atoms with Gasteiger partial charge in [0.15, 0.2) is 5.82 Å². The molecule has 1 aromatic rings. The summed E-state index contributed by atoms with van der Waals surface area (Å²) in [6.07, 6.45) is 4.23. The molecule has 2 heterocycles. The molecule has 1 unspecified atom stereocenters. The number of likely N-dealkylation sites (N-methyl/N-ethyl adjacent to an activating group) is 1. The van der Waals surface area contributed by atoms with E-state index in [4.69, 9.17) is 22.7 Å². The molecule has 2 rings (SSSR count). The molecule has 0 spiro atoms. The third kappa shape index (κ3) is 2.12. The van der Waals surface area contributed by atoms with E-state index in [9.17, 15) is 0 Å². The van der Waals surface area contributed by atoms with Gasteiger partial charge < -0.3 is 15.4 Å². The predicted octanol–water partition coefficient (Wildman–Crippen LogP) is 0.336. The average Bonchev–Trinajstić information content (AvgIpc) is 2.81. The SMILES string of the molecule is CN(c1nccnc1C(N)=S)C1CCOC1. The maximum absolute atomic E-state index is 5.62. The predicted molar refractivity (Wildman–Crippen MR) is 65.5 cm³/mol. The number of ether oxygens (including phenoxy) is 1. The van der Waals surface area contributed by atoms with Crippen LogP contribution >= 0.6 is 12.2 Å². The Morgan fingerprint density at radius 3 is 2.94 bits per heavy atom. The molecule has 0 aromatic carbocycles. The van der Waals surface area contributed by atoms with Crippen LogP contribution in [0.3, 0.4) is 0 Å². The van der Waals surface area contributed by atoms with Gasteiger partial charge in [0.05, 0.1) is 12.6 Å².